The molecule has 0 spiro atoms. The Morgan fingerprint density at radius 2 is 1.75 bits per heavy atom. The zero-order chi connectivity index (χ0) is 25.1. The van der Waals surface area contributed by atoms with E-state index in [4.69, 9.17) is 4.98 Å². The van der Waals surface area contributed by atoms with E-state index >= 15 is 0 Å². The van der Waals surface area contributed by atoms with Gasteiger partial charge in [-0.25, -0.2) is 4.98 Å². The Morgan fingerprint density at radius 1 is 0.972 bits per heavy atom. The van der Waals surface area contributed by atoms with Crippen molar-refractivity contribution in [3.05, 3.63) is 104 Å². The molecular formula is C27H24N4O4S. The van der Waals surface area contributed by atoms with Gasteiger partial charge in [0, 0.05) is 36.5 Å². The van der Waals surface area contributed by atoms with E-state index in [0.29, 0.717) is 33.1 Å². The quantitative estimate of drug-likeness (QED) is 0.156. The average molecular weight is 501 g/mol. The summed E-state index contributed by atoms with van der Waals surface area (Å²) in [4.78, 5) is 44.1. The van der Waals surface area contributed by atoms with Crippen molar-refractivity contribution in [1.29, 1.82) is 0 Å². The van der Waals surface area contributed by atoms with Crippen LogP contribution < -0.4 is 5.56 Å². The SMILES string of the molecule is O=C(c1ccc2c(=O)n(-c3ccccc3)c(SCc3cccc([N+](=O)[O-])c3)nc2c1)N1CCCCC1. The van der Waals surface area contributed by atoms with Crippen molar-refractivity contribution in [3.63, 3.8) is 0 Å². The number of nitro benzene ring substituents is 1. The topological polar surface area (TPSA) is 98.3 Å². The van der Waals surface area contributed by atoms with E-state index in [1.807, 2.05) is 35.2 Å². The van der Waals surface area contributed by atoms with Crippen LogP contribution >= 0.6 is 11.8 Å². The molecular weight excluding hydrogens is 476 g/mol. The highest BCUT2D eigenvalue weighted by atomic mass is 32.2. The van der Waals surface area contributed by atoms with Crippen molar-refractivity contribution in [2.24, 2.45) is 0 Å². The van der Waals surface area contributed by atoms with Crippen LogP contribution in [0.3, 0.4) is 0 Å². The monoisotopic (exact) mass is 500 g/mol. The molecule has 1 aliphatic heterocycles. The lowest BCUT2D eigenvalue weighted by Gasteiger charge is -2.26. The largest absolute Gasteiger partial charge is 0.339 e. The Bertz CT molecular complexity index is 1500. The minimum atomic E-state index is -0.427. The number of fused-ring (bicyclic) bond motifs is 1. The summed E-state index contributed by atoms with van der Waals surface area (Å²) in [6.07, 6.45) is 3.13. The number of aromatic nitrogens is 2. The van der Waals surface area contributed by atoms with Gasteiger partial charge in [-0.05, 0) is 55.2 Å². The number of nitrogens with zero attached hydrogens (tertiary/aromatic N) is 4. The van der Waals surface area contributed by atoms with Gasteiger partial charge in [0.2, 0.25) is 0 Å². The zero-order valence-electron chi connectivity index (χ0n) is 19.5. The molecule has 1 fully saturated rings. The van der Waals surface area contributed by atoms with Crippen molar-refractivity contribution in [2.75, 3.05) is 13.1 Å². The van der Waals surface area contributed by atoms with E-state index < -0.39 is 4.92 Å². The standard InChI is InChI=1S/C27H24N4O4S/c32-25(29-14-5-2-6-15-29)20-12-13-23-24(17-20)28-27(30(26(23)33)21-9-3-1-4-10-21)36-18-19-8-7-11-22(16-19)31(34)35/h1,3-4,7-13,16-17H,2,5-6,14-15,18H2. The Morgan fingerprint density at radius 3 is 2.50 bits per heavy atom. The molecule has 4 aromatic rings. The molecule has 5 rings (SSSR count). The molecule has 0 saturated carbocycles. The van der Waals surface area contributed by atoms with Gasteiger partial charge in [-0.2, -0.15) is 0 Å². The predicted octanol–water partition coefficient (Wildman–Crippen LogP) is 5.21. The summed E-state index contributed by atoms with van der Waals surface area (Å²) in [5, 5.41) is 12.0. The van der Waals surface area contributed by atoms with Crippen molar-refractivity contribution >= 4 is 34.3 Å². The Hall–Kier alpha value is -3.98. The van der Waals surface area contributed by atoms with Crippen LogP contribution in [0.5, 0.6) is 0 Å². The van der Waals surface area contributed by atoms with Gasteiger partial charge in [-0.15, -0.1) is 0 Å². The molecule has 1 aliphatic rings. The van der Waals surface area contributed by atoms with Gasteiger partial charge >= 0.3 is 0 Å². The van der Waals surface area contributed by atoms with Gasteiger partial charge < -0.3 is 4.90 Å². The van der Waals surface area contributed by atoms with Gasteiger partial charge in [0.15, 0.2) is 5.16 Å². The number of likely N-dealkylation sites (tertiary alicyclic amines) is 1. The normalized spacial score (nSPS) is 13.6. The van der Waals surface area contributed by atoms with E-state index in [9.17, 15) is 19.7 Å². The van der Waals surface area contributed by atoms with Crippen LogP contribution in [0.25, 0.3) is 16.6 Å². The third kappa shape index (κ3) is 4.87. The fraction of sp³-hybridized carbons (Fsp3) is 0.222. The number of carbonyl (C=O) groups excluding carboxylic acids is 1. The van der Waals surface area contributed by atoms with Crippen LogP contribution in [-0.4, -0.2) is 38.4 Å². The number of benzene rings is 3. The van der Waals surface area contributed by atoms with E-state index in [1.165, 1.54) is 23.9 Å². The molecule has 1 aromatic heterocycles. The summed E-state index contributed by atoms with van der Waals surface area (Å²) in [6, 6.07) is 20.7. The minimum absolute atomic E-state index is 0.0147. The molecule has 1 saturated heterocycles. The lowest BCUT2D eigenvalue weighted by Crippen LogP contribution is -2.35. The van der Waals surface area contributed by atoms with Gasteiger partial charge in [-0.1, -0.05) is 42.1 Å². The van der Waals surface area contributed by atoms with E-state index in [0.717, 1.165) is 37.9 Å². The summed E-state index contributed by atoms with van der Waals surface area (Å²) in [5.74, 6) is 0.343. The van der Waals surface area contributed by atoms with Crippen LogP contribution in [0, 0.1) is 10.1 Å². The summed E-state index contributed by atoms with van der Waals surface area (Å²) >= 11 is 1.32. The smallest absolute Gasteiger partial charge is 0.269 e. The number of non-ortho nitro benzene ring substituents is 1. The number of nitro groups is 1. The number of thioether (sulfide) groups is 1. The van der Waals surface area contributed by atoms with Crippen molar-refractivity contribution < 1.29 is 9.72 Å². The molecule has 0 bridgehead atoms. The van der Waals surface area contributed by atoms with Crippen LogP contribution in [0.2, 0.25) is 0 Å². The fourth-order valence-electron chi connectivity index (χ4n) is 4.39. The number of piperidine rings is 1. The summed E-state index contributed by atoms with van der Waals surface area (Å²) in [7, 11) is 0. The molecule has 0 atom stereocenters. The molecule has 3 aromatic carbocycles. The molecule has 0 unspecified atom stereocenters. The molecule has 182 valence electrons. The molecule has 1 amide bonds. The first-order chi connectivity index (χ1) is 17.5. The molecule has 36 heavy (non-hydrogen) atoms. The zero-order valence-corrected chi connectivity index (χ0v) is 20.3. The first kappa shape index (κ1) is 23.7. The maximum absolute atomic E-state index is 13.6. The maximum atomic E-state index is 13.6. The first-order valence-electron chi connectivity index (χ1n) is 11.8. The Balaban J connectivity index is 1.56. The number of carbonyl (C=O) groups is 1. The highest BCUT2D eigenvalue weighted by Crippen LogP contribution is 2.27. The predicted molar refractivity (Wildman–Crippen MR) is 140 cm³/mol. The Kier molecular flexibility index (Phi) is 6.81. The van der Waals surface area contributed by atoms with Gasteiger partial charge in [-0.3, -0.25) is 24.3 Å². The molecule has 0 radical (unpaired) electrons. The first-order valence-corrected chi connectivity index (χ1v) is 12.8. The molecule has 2 heterocycles. The number of hydrogen-bond donors (Lipinski definition) is 0. The van der Waals surface area contributed by atoms with E-state index in [1.54, 1.807) is 34.9 Å². The third-order valence-electron chi connectivity index (χ3n) is 6.23. The second-order valence-electron chi connectivity index (χ2n) is 8.67. The second kappa shape index (κ2) is 10.3. The van der Waals surface area contributed by atoms with Gasteiger partial charge in [0.25, 0.3) is 17.2 Å². The number of amides is 1. The van der Waals surface area contributed by atoms with Crippen molar-refractivity contribution in [1.82, 2.24) is 14.5 Å². The summed E-state index contributed by atoms with van der Waals surface area (Å²) in [6.45, 7) is 1.48. The lowest BCUT2D eigenvalue weighted by atomic mass is 10.1. The van der Waals surface area contributed by atoms with Gasteiger partial charge in [0.05, 0.1) is 21.5 Å². The molecule has 0 N–H and O–H groups in total. The van der Waals surface area contributed by atoms with Crippen molar-refractivity contribution in [3.8, 4) is 5.69 Å². The van der Waals surface area contributed by atoms with Gasteiger partial charge in [0.1, 0.15) is 0 Å². The molecule has 0 aliphatic carbocycles. The minimum Gasteiger partial charge on any atom is -0.339 e. The van der Waals surface area contributed by atoms with Crippen LogP contribution in [0.1, 0.15) is 35.2 Å². The van der Waals surface area contributed by atoms with E-state index in [-0.39, 0.29) is 17.2 Å². The number of rotatable bonds is 6. The van der Waals surface area contributed by atoms with Crippen LogP contribution in [0.15, 0.2) is 82.7 Å². The van der Waals surface area contributed by atoms with Crippen LogP contribution in [0.4, 0.5) is 5.69 Å². The Labute approximate surface area is 211 Å². The lowest BCUT2D eigenvalue weighted by molar-refractivity contribution is -0.384. The summed E-state index contributed by atoms with van der Waals surface area (Å²) in [5.41, 5.74) is 2.18. The maximum Gasteiger partial charge on any atom is 0.269 e. The second-order valence-corrected chi connectivity index (χ2v) is 9.61. The number of hydrogen-bond acceptors (Lipinski definition) is 6. The van der Waals surface area contributed by atoms with Crippen LogP contribution in [-0.2, 0) is 5.75 Å². The third-order valence-corrected chi connectivity index (χ3v) is 7.24. The highest BCUT2D eigenvalue weighted by molar-refractivity contribution is 7.98. The van der Waals surface area contributed by atoms with E-state index in [2.05, 4.69) is 0 Å². The van der Waals surface area contributed by atoms with Crippen molar-refractivity contribution in [2.45, 2.75) is 30.2 Å². The average Bonchev–Trinajstić information content (AvgIpc) is 2.92. The molecule has 9 heteroatoms. The number of para-hydroxylation sites is 1. The fourth-order valence-corrected chi connectivity index (χ4v) is 5.34. The molecule has 8 nitrogen and oxygen atoms in total. The highest BCUT2D eigenvalue weighted by Gasteiger charge is 2.20. The summed E-state index contributed by atoms with van der Waals surface area (Å²) < 4.78 is 1.55.